The Morgan fingerprint density at radius 1 is 1.03 bits per heavy atom. The first kappa shape index (κ1) is 25.4. The minimum Gasteiger partial charge on any atom is -0.507 e. The molecule has 0 bridgehead atoms. The van der Waals surface area contributed by atoms with Crippen molar-refractivity contribution in [2.24, 2.45) is 0 Å². The first-order valence-electron chi connectivity index (χ1n) is 10.4. The van der Waals surface area contributed by atoms with Crippen molar-refractivity contribution in [3.8, 4) is 23.0 Å². The Morgan fingerprint density at radius 3 is 2.26 bits per heavy atom. The normalized spacial score (nSPS) is 17.4. The molecule has 2 aromatic carbocycles. The summed E-state index contributed by atoms with van der Waals surface area (Å²) in [6.45, 7) is 0.738. The average Bonchev–Trinajstić information content (AvgIpc) is 3.08. The number of hydrogen-bond acceptors (Lipinski definition) is 8. The summed E-state index contributed by atoms with van der Waals surface area (Å²) in [5.74, 6) is -1.02. The quantitative estimate of drug-likeness (QED) is 0.302. The number of methoxy groups -OCH3 is 3. The summed E-state index contributed by atoms with van der Waals surface area (Å²) in [5, 5.41) is 21.5. The topological polar surface area (TPSA) is 109 Å². The highest BCUT2D eigenvalue weighted by molar-refractivity contribution is 9.10. The Labute approximate surface area is 206 Å². The van der Waals surface area contributed by atoms with Gasteiger partial charge in [-0.25, -0.2) is 0 Å². The summed E-state index contributed by atoms with van der Waals surface area (Å²) in [5.41, 5.74) is 0.704. The van der Waals surface area contributed by atoms with Gasteiger partial charge in [0.05, 0.1) is 37.4 Å². The molecule has 10 heteroatoms. The van der Waals surface area contributed by atoms with E-state index in [1.165, 1.54) is 32.3 Å². The first-order valence-corrected chi connectivity index (χ1v) is 11.2. The summed E-state index contributed by atoms with van der Waals surface area (Å²) in [4.78, 5) is 29.5. The molecule has 0 aliphatic carbocycles. The van der Waals surface area contributed by atoms with Gasteiger partial charge in [0.15, 0.2) is 23.0 Å². The summed E-state index contributed by atoms with van der Waals surface area (Å²) in [6, 6.07) is 6.95. The second-order valence-corrected chi connectivity index (χ2v) is 8.77. The molecule has 0 saturated carbocycles. The number of ketones is 1. The highest BCUT2D eigenvalue weighted by atomic mass is 79.9. The van der Waals surface area contributed by atoms with Gasteiger partial charge in [0, 0.05) is 18.7 Å². The lowest BCUT2D eigenvalue weighted by atomic mass is 9.95. The Morgan fingerprint density at radius 2 is 1.68 bits per heavy atom. The highest BCUT2D eigenvalue weighted by Crippen LogP contribution is 2.44. The van der Waals surface area contributed by atoms with Gasteiger partial charge in [-0.1, -0.05) is 0 Å². The number of nitrogens with zero attached hydrogens (tertiary/aromatic N) is 2. The average molecular weight is 535 g/mol. The maximum absolute atomic E-state index is 13.2. The van der Waals surface area contributed by atoms with Crippen molar-refractivity contribution in [2.45, 2.75) is 6.04 Å². The van der Waals surface area contributed by atoms with E-state index in [0.29, 0.717) is 28.1 Å². The number of aliphatic hydroxyl groups excluding tert-OH is 1. The molecule has 9 nitrogen and oxygen atoms in total. The SMILES string of the molecule is COc1ccc(C(O)=C2C(=O)C(=O)N(CCN(C)C)[C@H]2c2cc(Br)c(O)c(OC)c2)cc1OC. The minimum absolute atomic E-state index is 0.0735. The fourth-order valence-corrected chi connectivity index (χ4v) is 4.27. The van der Waals surface area contributed by atoms with Crippen LogP contribution in [0, 0.1) is 0 Å². The van der Waals surface area contributed by atoms with Crippen molar-refractivity contribution in [3.05, 3.63) is 51.5 Å². The molecular formula is C24H27BrN2O7. The second-order valence-electron chi connectivity index (χ2n) is 7.92. The molecule has 1 saturated heterocycles. The van der Waals surface area contributed by atoms with Crippen LogP contribution in [0.4, 0.5) is 0 Å². The number of aromatic hydroxyl groups is 1. The van der Waals surface area contributed by atoms with Gasteiger partial charge in [0.1, 0.15) is 5.76 Å². The number of phenolic OH excluding ortho intramolecular Hbond substituents is 1. The van der Waals surface area contributed by atoms with E-state index < -0.39 is 17.7 Å². The van der Waals surface area contributed by atoms with E-state index in [0.717, 1.165) is 0 Å². The van der Waals surface area contributed by atoms with Gasteiger partial charge in [-0.05, 0) is 65.9 Å². The Hall–Kier alpha value is -3.24. The molecule has 182 valence electrons. The molecule has 2 N–H and O–H groups in total. The Bertz CT molecular complexity index is 1150. The molecule has 0 radical (unpaired) electrons. The molecular weight excluding hydrogens is 508 g/mol. The number of carbonyl (C=O) groups is 2. The van der Waals surface area contributed by atoms with E-state index in [2.05, 4.69) is 15.9 Å². The smallest absolute Gasteiger partial charge is 0.295 e. The molecule has 2 aromatic rings. The van der Waals surface area contributed by atoms with Crippen molar-refractivity contribution in [3.63, 3.8) is 0 Å². The predicted molar refractivity (Wildman–Crippen MR) is 129 cm³/mol. The van der Waals surface area contributed by atoms with Gasteiger partial charge in [-0.3, -0.25) is 9.59 Å². The molecule has 1 aliphatic heterocycles. The summed E-state index contributed by atoms with van der Waals surface area (Å²) < 4.78 is 16.2. The largest absolute Gasteiger partial charge is 0.507 e. The van der Waals surface area contributed by atoms with E-state index in [4.69, 9.17) is 14.2 Å². The molecule has 0 spiro atoms. The minimum atomic E-state index is -0.904. The molecule has 1 heterocycles. The number of amides is 1. The lowest BCUT2D eigenvalue weighted by Gasteiger charge is -2.27. The molecule has 1 atom stereocenters. The van der Waals surface area contributed by atoms with E-state index in [1.54, 1.807) is 24.3 Å². The van der Waals surface area contributed by atoms with Crippen LogP contribution in [0.3, 0.4) is 0 Å². The van der Waals surface area contributed by atoms with E-state index in [1.807, 2.05) is 19.0 Å². The Kier molecular flexibility index (Phi) is 7.73. The van der Waals surface area contributed by atoms with E-state index >= 15 is 0 Å². The van der Waals surface area contributed by atoms with Crippen molar-refractivity contribution in [1.29, 1.82) is 0 Å². The lowest BCUT2D eigenvalue weighted by molar-refractivity contribution is -0.140. The zero-order chi connectivity index (χ0) is 25.2. The third-order valence-electron chi connectivity index (χ3n) is 5.57. The van der Waals surface area contributed by atoms with Crippen molar-refractivity contribution < 1.29 is 34.0 Å². The molecule has 0 unspecified atom stereocenters. The van der Waals surface area contributed by atoms with Gasteiger partial charge in [0.25, 0.3) is 11.7 Å². The third-order valence-corrected chi connectivity index (χ3v) is 6.18. The monoisotopic (exact) mass is 534 g/mol. The summed E-state index contributed by atoms with van der Waals surface area (Å²) in [6.07, 6.45) is 0. The maximum atomic E-state index is 13.2. The van der Waals surface area contributed by atoms with Crippen LogP contribution in [0.2, 0.25) is 0 Å². The molecule has 1 amide bonds. The van der Waals surface area contributed by atoms with Crippen LogP contribution in [-0.2, 0) is 9.59 Å². The van der Waals surface area contributed by atoms with Crippen LogP contribution in [0.1, 0.15) is 17.2 Å². The summed E-state index contributed by atoms with van der Waals surface area (Å²) >= 11 is 3.30. The van der Waals surface area contributed by atoms with Crippen LogP contribution in [0.15, 0.2) is 40.4 Å². The van der Waals surface area contributed by atoms with Gasteiger partial charge in [0.2, 0.25) is 0 Å². The molecule has 1 fully saturated rings. The van der Waals surface area contributed by atoms with Crippen molar-refractivity contribution >= 4 is 33.4 Å². The number of likely N-dealkylation sites (tertiary alicyclic amines) is 1. The number of rotatable bonds is 8. The van der Waals surface area contributed by atoms with Crippen molar-refractivity contribution in [1.82, 2.24) is 9.80 Å². The van der Waals surface area contributed by atoms with Gasteiger partial charge < -0.3 is 34.2 Å². The van der Waals surface area contributed by atoms with Crippen LogP contribution in [-0.4, -0.2) is 80.2 Å². The standard InChI is InChI=1S/C24H27BrN2O7/c1-26(2)8-9-27-20(14-10-15(25)22(29)18(12-14)34-5)19(23(30)24(27)31)21(28)13-6-7-16(32-3)17(11-13)33-4/h6-7,10-12,20,28-29H,8-9H2,1-5H3/t20-/m0/s1. The molecule has 3 rings (SSSR count). The van der Waals surface area contributed by atoms with Crippen LogP contribution < -0.4 is 14.2 Å². The van der Waals surface area contributed by atoms with Gasteiger partial charge >= 0.3 is 0 Å². The van der Waals surface area contributed by atoms with E-state index in [9.17, 15) is 19.8 Å². The molecule has 1 aliphatic rings. The number of likely N-dealkylation sites (N-methyl/N-ethyl adjacent to an activating group) is 1. The van der Waals surface area contributed by atoms with Gasteiger partial charge in [-0.15, -0.1) is 0 Å². The third kappa shape index (κ3) is 4.69. The predicted octanol–water partition coefficient (Wildman–Crippen LogP) is 3.16. The number of Topliss-reactive ketones (excluding diaryl/α,β-unsaturated/α-hetero) is 1. The summed E-state index contributed by atoms with van der Waals surface area (Å²) in [7, 11) is 8.06. The second kappa shape index (κ2) is 10.4. The number of carbonyl (C=O) groups excluding carboxylic acids is 2. The first-order chi connectivity index (χ1) is 16.1. The Balaban J connectivity index is 2.24. The van der Waals surface area contributed by atoms with Crippen molar-refractivity contribution in [2.75, 3.05) is 48.5 Å². The fourth-order valence-electron chi connectivity index (χ4n) is 3.81. The number of hydrogen-bond donors (Lipinski definition) is 2. The number of ether oxygens (including phenoxy) is 3. The lowest BCUT2D eigenvalue weighted by Crippen LogP contribution is -2.35. The maximum Gasteiger partial charge on any atom is 0.295 e. The zero-order valence-corrected chi connectivity index (χ0v) is 21.2. The molecule has 0 aromatic heterocycles. The van der Waals surface area contributed by atoms with E-state index in [-0.39, 0.29) is 34.9 Å². The fraction of sp³-hybridized carbons (Fsp3) is 0.333. The highest BCUT2D eigenvalue weighted by Gasteiger charge is 2.46. The number of benzene rings is 2. The molecule has 34 heavy (non-hydrogen) atoms. The number of halogens is 1. The van der Waals surface area contributed by atoms with Crippen LogP contribution in [0.25, 0.3) is 5.76 Å². The van der Waals surface area contributed by atoms with Crippen LogP contribution in [0.5, 0.6) is 23.0 Å². The number of phenols is 1. The van der Waals surface area contributed by atoms with Gasteiger partial charge in [-0.2, -0.15) is 0 Å². The van der Waals surface area contributed by atoms with Crippen LogP contribution >= 0.6 is 15.9 Å². The number of aliphatic hydroxyl groups is 1. The zero-order valence-electron chi connectivity index (χ0n) is 19.6.